The molecule has 0 aliphatic carbocycles. The maximum absolute atomic E-state index is 13.9. The van der Waals surface area contributed by atoms with E-state index in [0.29, 0.717) is 3.57 Å². The molecule has 0 nitrogen and oxygen atoms in total. The number of rotatable bonds is 1. The highest BCUT2D eigenvalue weighted by Crippen LogP contribution is 2.38. The fraction of sp³-hybridized carbons (Fsp3) is 0.0769. The Bertz CT molecular complexity index is 575. The maximum Gasteiger partial charge on any atom is 0.417 e. The molecule has 5 heteroatoms. The van der Waals surface area contributed by atoms with Crippen molar-refractivity contribution in [3.63, 3.8) is 0 Å². The molecule has 0 aliphatic rings. The predicted octanol–water partition coefficient (Wildman–Crippen LogP) is 5.12. The predicted molar refractivity (Wildman–Crippen MR) is 69.6 cm³/mol. The molecule has 0 aliphatic heterocycles. The van der Waals surface area contributed by atoms with Gasteiger partial charge in [0, 0.05) is 9.13 Å². The molecule has 0 atom stereocenters. The van der Waals surface area contributed by atoms with Crippen molar-refractivity contribution in [3.05, 3.63) is 57.4 Å². The second-order valence-electron chi connectivity index (χ2n) is 3.64. The molecule has 18 heavy (non-hydrogen) atoms. The van der Waals surface area contributed by atoms with Gasteiger partial charge in [-0.1, -0.05) is 30.3 Å². The van der Waals surface area contributed by atoms with Gasteiger partial charge in [0.25, 0.3) is 0 Å². The van der Waals surface area contributed by atoms with E-state index in [0.717, 1.165) is 6.07 Å². The minimum Gasteiger partial charge on any atom is -0.205 e. The summed E-state index contributed by atoms with van der Waals surface area (Å²) >= 11 is 1.75. The van der Waals surface area contributed by atoms with Crippen molar-refractivity contribution >= 4 is 22.6 Å². The van der Waals surface area contributed by atoms with E-state index < -0.39 is 17.6 Å². The third kappa shape index (κ3) is 2.50. The molecule has 0 saturated carbocycles. The van der Waals surface area contributed by atoms with E-state index in [1.54, 1.807) is 22.6 Å². The topological polar surface area (TPSA) is 0 Å². The Labute approximate surface area is 115 Å². The van der Waals surface area contributed by atoms with Crippen LogP contribution in [0.4, 0.5) is 17.6 Å². The normalized spacial score (nSPS) is 11.6. The Morgan fingerprint density at radius 3 is 2.11 bits per heavy atom. The zero-order valence-electron chi connectivity index (χ0n) is 8.93. The van der Waals surface area contributed by atoms with Gasteiger partial charge in [0.05, 0.1) is 5.56 Å². The van der Waals surface area contributed by atoms with Crippen molar-refractivity contribution in [2.24, 2.45) is 0 Å². The highest BCUT2D eigenvalue weighted by molar-refractivity contribution is 14.1. The SMILES string of the molecule is Fc1c(I)cccc1-c1ccccc1C(F)(F)F. The number of alkyl halides is 3. The van der Waals surface area contributed by atoms with E-state index in [1.165, 1.54) is 36.4 Å². The molecule has 2 aromatic carbocycles. The maximum atomic E-state index is 13.9. The second-order valence-corrected chi connectivity index (χ2v) is 4.81. The highest BCUT2D eigenvalue weighted by atomic mass is 127. The molecule has 0 heterocycles. The first-order valence-corrected chi connectivity index (χ1v) is 6.10. The van der Waals surface area contributed by atoms with Crippen LogP contribution in [0.25, 0.3) is 11.1 Å². The smallest absolute Gasteiger partial charge is 0.205 e. The van der Waals surface area contributed by atoms with Crippen molar-refractivity contribution in [3.8, 4) is 11.1 Å². The monoisotopic (exact) mass is 366 g/mol. The van der Waals surface area contributed by atoms with Crippen LogP contribution in [0.5, 0.6) is 0 Å². The molecule has 0 spiro atoms. The molecule has 0 radical (unpaired) electrons. The van der Waals surface area contributed by atoms with Crippen LogP contribution in [0.15, 0.2) is 42.5 Å². The fourth-order valence-corrected chi connectivity index (χ4v) is 2.18. The van der Waals surface area contributed by atoms with E-state index in [-0.39, 0.29) is 11.1 Å². The van der Waals surface area contributed by atoms with Gasteiger partial charge in [0.2, 0.25) is 0 Å². The zero-order chi connectivity index (χ0) is 13.3. The molecule has 0 saturated heterocycles. The summed E-state index contributed by atoms with van der Waals surface area (Å²) in [5.41, 5.74) is -0.998. The molecular formula is C13H7F4I. The van der Waals surface area contributed by atoms with Crippen LogP contribution in [0.1, 0.15) is 5.56 Å². The van der Waals surface area contributed by atoms with Gasteiger partial charge in [-0.25, -0.2) is 4.39 Å². The first kappa shape index (κ1) is 13.3. The summed E-state index contributed by atoms with van der Waals surface area (Å²) in [6.45, 7) is 0. The molecule has 94 valence electrons. The van der Waals surface area contributed by atoms with Gasteiger partial charge in [0.1, 0.15) is 5.82 Å². The van der Waals surface area contributed by atoms with E-state index in [4.69, 9.17) is 0 Å². The molecule has 2 aromatic rings. The molecule has 0 unspecified atom stereocenters. The van der Waals surface area contributed by atoms with Crippen molar-refractivity contribution in [2.45, 2.75) is 6.18 Å². The summed E-state index contributed by atoms with van der Waals surface area (Å²) in [6, 6.07) is 9.37. The Hall–Kier alpha value is -1.11. The summed E-state index contributed by atoms with van der Waals surface area (Å²) < 4.78 is 52.7. The number of halogens is 5. The Morgan fingerprint density at radius 1 is 0.833 bits per heavy atom. The lowest BCUT2D eigenvalue weighted by atomic mass is 9.99. The molecule has 0 amide bonds. The molecule has 2 rings (SSSR count). The lowest BCUT2D eigenvalue weighted by molar-refractivity contribution is -0.137. The van der Waals surface area contributed by atoms with Gasteiger partial charge in [-0.15, -0.1) is 0 Å². The summed E-state index contributed by atoms with van der Waals surface area (Å²) in [5, 5.41) is 0. The van der Waals surface area contributed by atoms with Crippen LogP contribution in [0.3, 0.4) is 0 Å². The fourth-order valence-electron chi connectivity index (χ4n) is 1.68. The van der Waals surface area contributed by atoms with E-state index in [9.17, 15) is 17.6 Å². The summed E-state index contributed by atoms with van der Waals surface area (Å²) in [6.07, 6.45) is -4.50. The number of hydrogen-bond donors (Lipinski definition) is 0. The zero-order valence-corrected chi connectivity index (χ0v) is 11.1. The third-order valence-electron chi connectivity index (χ3n) is 2.47. The van der Waals surface area contributed by atoms with Gasteiger partial charge < -0.3 is 0 Å². The first-order chi connectivity index (χ1) is 8.41. The largest absolute Gasteiger partial charge is 0.417 e. The highest BCUT2D eigenvalue weighted by Gasteiger charge is 2.33. The second kappa shape index (κ2) is 4.87. The summed E-state index contributed by atoms with van der Waals surface area (Å²) in [4.78, 5) is 0. The average molecular weight is 366 g/mol. The minimum atomic E-state index is -4.50. The molecular weight excluding hydrogens is 359 g/mol. The minimum absolute atomic E-state index is 0.0326. The van der Waals surface area contributed by atoms with Crippen LogP contribution in [0.2, 0.25) is 0 Å². The van der Waals surface area contributed by atoms with Gasteiger partial charge in [-0.3, -0.25) is 0 Å². The van der Waals surface area contributed by atoms with Crippen molar-refractivity contribution in [1.29, 1.82) is 0 Å². The lowest BCUT2D eigenvalue weighted by Crippen LogP contribution is -2.07. The van der Waals surface area contributed by atoms with Crippen LogP contribution < -0.4 is 0 Å². The quantitative estimate of drug-likeness (QED) is 0.486. The van der Waals surface area contributed by atoms with E-state index >= 15 is 0 Å². The number of benzene rings is 2. The van der Waals surface area contributed by atoms with Gasteiger partial charge in [-0.2, -0.15) is 13.2 Å². The van der Waals surface area contributed by atoms with Gasteiger partial charge in [-0.05, 0) is 40.3 Å². The summed E-state index contributed by atoms with van der Waals surface area (Å²) in [7, 11) is 0. The standard InChI is InChI=1S/C13H7F4I/c14-12-9(5-3-7-11(12)18)8-4-1-2-6-10(8)13(15,16)17/h1-7H. The Morgan fingerprint density at radius 2 is 1.44 bits per heavy atom. The van der Waals surface area contributed by atoms with Crippen molar-refractivity contribution in [2.75, 3.05) is 0 Å². The van der Waals surface area contributed by atoms with Crippen molar-refractivity contribution in [1.82, 2.24) is 0 Å². The van der Waals surface area contributed by atoms with Gasteiger partial charge >= 0.3 is 6.18 Å². The van der Waals surface area contributed by atoms with Gasteiger partial charge in [0.15, 0.2) is 0 Å². The van der Waals surface area contributed by atoms with E-state index in [1.807, 2.05) is 0 Å². The Kier molecular flexibility index (Phi) is 3.61. The van der Waals surface area contributed by atoms with Crippen LogP contribution in [0, 0.1) is 9.39 Å². The third-order valence-corrected chi connectivity index (χ3v) is 3.31. The lowest BCUT2D eigenvalue weighted by Gasteiger charge is -2.13. The van der Waals surface area contributed by atoms with Crippen LogP contribution in [-0.2, 0) is 6.18 Å². The molecule has 0 N–H and O–H groups in total. The van der Waals surface area contributed by atoms with Crippen LogP contribution >= 0.6 is 22.6 Å². The summed E-state index contributed by atoms with van der Waals surface area (Å²) in [5.74, 6) is -0.630. The Balaban J connectivity index is 2.69. The van der Waals surface area contributed by atoms with Crippen LogP contribution in [-0.4, -0.2) is 0 Å². The molecule has 0 bridgehead atoms. The number of hydrogen-bond acceptors (Lipinski definition) is 0. The molecule has 0 aromatic heterocycles. The van der Waals surface area contributed by atoms with Crippen molar-refractivity contribution < 1.29 is 17.6 Å². The first-order valence-electron chi connectivity index (χ1n) is 5.02. The van der Waals surface area contributed by atoms with E-state index in [2.05, 4.69) is 0 Å². The molecule has 0 fully saturated rings. The average Bonchev–Trinajstić information content (AvgIpc) is 2.32.